The number of phenols is 3. The van der Waals surface area contributed by atoms with E-state index in [-0.39, 0.29) is 17.2 Å². The van der Waals surface area contributed by atoms with Crippen LogP contribution in [0.4, 0.5) is 22.7 Å². The molecule has 8 aromatic rings. The number of aromatic nitrogens is 1. The maximum Gasteiger partial charge on any atom is 0.143 e. The van der Waals surface area contributed by atoms with Crippen molar-refractivity contribution in [3.05, 3.63) is 161 Å². The van der Waals surface area contributed by atoms with Gasteiger partial charge in [0.25, 0.3) is 0 Å². The number of rotatable bonds is 7. The number of nitrogens with one attached hydrogen (secondary N) is 2. The fourth-order valence-electron chi connectivity index (χ4n) is 7.46. The molecule has 264 valence electrons. The summed E-state index contributed by atoms with van der Waals surface area (Å²) in [5.74, 6) is 0.266. The number of aromatic hydroxyl groups is 3. The molecule has 1 aliphatic heterocycles. The van der Waals surface area contributed by atoms with Crippen molar-refractivity contribution in [2.75, 3.05) is 22.9 Å². The van der Waals surface area contributed by atoms with Gasteiger partial charge >= 0.3 is 0 Å². The van der Waals surface area contributed by atoms with E-state index in [0.717, 1.165) is 65.5 Å². The van der Waals surface area contributed by atoms with Crippen LogP contribution in [0.1, 0.15) is 18.1 Å². The molecule has 1 atom stereocenters. The summed E-state index contributed by atoms with van der Waals surface area (Å²) >= 11 is 0. The molecule has 1 aliphatic rings. The van der Waals surface area contributed by atoms with E-state index in [9.17, 15) is 15.3 Å². The van der Waals surface area contributed by atoms with Gasteiger partial charge in [0, 0.05) is 28.4 Å². The van der Waals surface area contributed by atoms with E-state index in [1.165, 1.54) is 0 Å². The van der Waals surface area contributed by atoms with Crippen LogP contribution in [0.15, 0.2) is 150 Å². The zero-order chi connectivity index (χ0) is 37.0. The van der Waals surface area contributed by atoms with Crippen molar-refractivity contribution < 1.29 is 15.3 Å². The lowest BCUT2D eigenvalue weighted by Gasteiger charge is -2.35. The van der Waals surface area contributed by atoms with Crippen LogP contribution < -0.4 is 26.4 Å². The SMILES string of the molecule is CN1n2c(/c(=C\c3ccc(NNc4cccc5ccccc45)c(O)c3)c3cc(O)ccc32)=CC1(C)c1ccc(N=Nc2cccc3ccccc23)c(O)c1. The van der Waals surface area contributed by atoms with Gasteiger partial charge in [0.2, 0.25) is 0 Å². The summed E-state index contributed by atoms with van der Waals surface area (Å²) in [6, 6.07) is 44.3. The van der Waals surface area contributed by atoms with E-state index >= 15 is 0 Å². The number of hydrogen-bond acceptors (Lipinski definition) is 8. The number of hydrazine groups is 1. The van der Waals surface area contributed by atoms with Gasteiger partial charge in [0.05, 0.1) is 33.5 Å². The summed E-state index contributed by atoms with van der Waals surface area (Å²) in [6.45, 7) is 2.09. The zero-order valence-electron chi connectivity index (χ0n) is 29.6. The van der Waals surface area contributed by atoms with Crippen LogP contribution in [0.25, 0.3) is 44.6 Å². The third-order valence-electron chi connectivity index (χ3n) is 10.4. The van der Waals surface area contributed by atoms with Crippen LogP contribution in [0.5, 0.6) is 17.2 Å². The summed E-state index contributed by atoms with van der Waals surface area (Å²) < 4.78 is 2.12. The minimum Gasteiger partial charge on any atom is -0.508 e. The largest absolute Gasteiger partial charge is 0.508 e. The molecule has 5 N–H and O–H groups in total. The Morgan fingerprint density at radius 1 is 0.611 bits per heavy atom. The fraction of sp³-hybridized carbons (Fsp3) is 0.0667. The molecule has 0 saturated heterocycles. The summed E-state index contributed by atoms with van der Waals surface area (Å²) in [6.07, 6.45) is 4.17. The number of azo groups is 1. The first-order valence-electron chi connectivity index (χ1n) is 17.6. The Hall–Kier alpha value is -7.26. The number of hydrogen-bond donors (Lipinski definition) is 5. The molecule has 2 heterocycles. The standard InChI is InChI=1S/C45H36N6O3/c1-45(31-18-21-40(44(54)25-31)49-47-38-16-8-12-30-10-4-6-14-34(30)38)27-42-35(36-26-32(52)19-22-41(36)51(42)50(45)2)23-28-17-20-39(43(53)24-28)48-46-37-15-7-11-29-9-3-5-13-33(29)37/h3-27,46,48,52-54H,1-2H3/b35-23-,49-47?. The molecule has 0 amide bonds. The summed E-state index contributed by atoms with van der Waals surface area (Å²) in [4.78, 5) is 0. The molecule has 7 aromatic carbocycles. The molecular formula is C45H36N6O3. The fourth-order valence-corrected chi connectivity index (χ4v) is 7.46. The average Bonchev–Trinajstić information content (AvgIpc) is 3.62. The Labute approximate surface area is 310 Å². The molecule has 1 aromatic heterocycles. The third-order valence-corrected chi connectivity index (χ3v) is 10.4. The number of benzene rings is 7. The predicted octanol–water partition coefficient (Wildman–Crippen LogP) is 9.03. The zero-order valence-corrected chi connectivity index (χ0v) is 29.6. The molecular weight excluding hydrogens is 673 g/mol. The van der Waals surface area contributed by atoms with Gasteiger partial charge in [-0.05, 0) is 95.6 Å². The van der Waals surface area contributed by atoms with E-state index < -0.39 is 5.54 Å². The number of phenolic OH excluding ortho intramolecular Hbond substituents is 3. The maximum absolute atomic E-state index is 11.2. The summed E-state index contributed by atoms with van der Waals surface area (Å²) in [5, 5.41) is 50.8. The first-order valence-corrected chi connectivity index (χ1v) is 17.6. The van der Waals surface area contributed by atoms with Crippen LogP contribution >= 0.6 is 0 Å². The van der Waals surface area contributed by atoms with Gasteiger partial charge < -0.3 is 25.8 Å². The van der Waals surface area contributed by atoms with Crippen molar-refractivity contribution in [3.8, 4) is 17.2 Å². The molecule has 54 heavy (non-hydrogen) atoms. The van der Waals surface area contributed by atoms with E-state index in [1.807, 2.05) is 110 Å². The quantitative estimate of drug-likeness (QED) is 0.0641. The monoisotopic (exact) mass is 708 g/mol. The lowest BCUT2D eigenvalue weighted by Crippen LogP contribution is -2.44. The van der Waals surface area contributed by atoms with Gasteiger partial charge in [-0.25, -0.2) is 0 Å². The lowest BCUT2D eigenvalue weighted by atomic mass is 9.91. The molecule has 0 fully saturated rings. The Bertz CT molecular complexity index is 2930. The van der Waals surface area contributed by atoms with Crippen LogP contribution in [-0.2, 0) is 5.54 Å². The average molecular weight is 709 g/mol. The molecule has 9 rings (SSSR count). The predicted molar refractivity (Wildman–Crippen MR) is 218 cm³/mol. The van der Waals surface area contributed by atoms with Gasteiger partial charge in [0.1, 0.15) is 22.9 Å². The van der Waals surface area contributed by atoms with Gasteiger partial charge in [-0.15, -0.1) is 10.2 Å². The van der Waals surface area contributed by atoms with E-state index in [0.29, 0.717) is 11.4 Å². The van der Waals surface area contributed by atoms with Gasteiger partial charge in [-0.1, -0.05) is 84.9 Å². The van der Waals surface area contributed by atoms with Crippen LogP contribution in [0.2, 0.25) is 0 Å². The Morgan fingerprint density at radius 2 is 1.31 bits per heavy atom. The highest BCUT2D eigenvalue weighted by Gasteiger charge is 2.36. The Morgan fingerprint density at radius 3 is 2.11 bits per heavy atom. The smallest absolute Gasteiger partial charge is 0.143 e. The number of fused-ring (bicyclic) bond motifs is 5. The first kappa shape index (κ1) is 32.6. The van der Waals surface area contributed by atoms with Gasteiger partial charge in [-0.2, -0.15) is 0 Å². The van der Waals surface area contributed by atoms with Crippen molar-refractivity contribution >= 4 is 67.3 Å². The summed E-state index contributed by atoms with van der Waals surface area (Å²) in [5.41, 5.74) is 10.8. The van der Waals surface area contributed by atoms with Gasteiger partial charge in [0.15, 0.2) is 0 Å². The van der Waals surface area contributed by atoms with Crippen LogP contribution in [0, 0.1) is 0 Å². The molecule has 0 radical (unpaired) electrons. The van der Waals surface area contributed by atoms with Crippen molar-refractivity contribution in [2.45, 2.75) is 12.5 Å². The highest BCUT2D eigenvalue weighted by Crippen LogP contribution is 2.38. The molecule has 0 saturated carbocycles. The molecule has 1 unspecified atom stereocenters. The van der Waals surface area contributed by atoms with Crippen molar-refractivity contribution in [2.24, 2.45) is 10.2 Å². The van der Waals surface area contributed by atoms with Crippen LogP contribution in [0.3, 0.4) is 0 Å². The van der Waals surface area contributed by atoms with E-state index in [1.54, 1.807) is 30.3 Å². The third kappa shape index (κ3) is 5.50. The van der Waals surface area contributed by atoms with Crippen LogP contribution in [-0.4, -0.2) is 27.0 Å². The van der Waals surface area contributed by atoms with E-state index in [4.69, 9.17) is 0 Å². The molecule has 0 bridgehead atoms. The Kier molecular flexibility index (Phi) is 7.71. The highest BCUT2D eigenvalue weighted by atomic mass is 16.3. The molecule has 9 nitrogen and oxygen atoms in total. The number of anilines is 2. The first-order chi connectivity index (χ1) is 26.3. The van der Waals surface area contributed by atoms with E-state index in [2.05, 4.69) is 55.9 Å². The molecule has 0 aliphatic carbocycles. The molecule has 0 spiro atoms. The highest BCUT2D eigenvalue weighted by molar-refractivity contribution is 5.94. The van der Waals surface area contributed by atoms with Crippen molar-refractivity contribution in [1.29, 1.82) is 0 Å². The topological polar surface area (TPSA) is 118 Å². The second-order valence-corrected chi connectivity index (χ2v) is 13.7. The summed E-state index contributed by atoms with van der Waals surface area (Å²) in [7, 11) is 2.00. The Balaban J connectivity index is 1.06. The minimum absolute atomic E-state index is 0.0248. The minimum atomic E-state index is -0.657. The number of nitrogens with zero attached hydrogens (tertiary/aromatic N) is 4. The second kappa shape index (κ2) is 12.8. The van der Waals surface area contributed by atoms with Crippen molar-refractivity contribution in [3.63, 3.8) is 0 Å². The second-order valence-electron chi connectivity index (χ2n) is 13.7. The molecule has 9 heteroatoms. The van der Waals surface area contributed by atoms with Gasteiger partial charge in [-0.3, -0.25) is 10.1 Å². The maximum atomic E-state index is 11.2. The lowest BCUT2D eigenvalue weighted by molar-refractivity contribution is 0.469. The van der Waals surface area contributed by atoms with Crippen molar-refractivity contribution in [1.82, 2.24) is 4.68 Å². The normalized spacial score (nSPS) is 15.7.